The Hall–Kier alpha value is -0.570. The summed E-state index contributed by atoms with van der Waals surface area (Å²) in [6, 6.07) is 0.333. The van der Waals surface area contributed by atoms with Crippen molar-refractivity contribution in [2.24, 2.45) is 17.6 Å². The molecular formula is C10H20N2O. The maximum atomic E-state index is 11.7. The molecule has 76 valence electrons. The maximum absolute atomic E-state index is 11.7. The number of hydrogen-bond donors (Lipinski definition) is 1. The van der Waals surface area contributed by atoms with E-state index in [0.29, 0.717) is 18.5 Å². The third kappa shape index (κ3) is 2.02. The third-order valence-corrected chi connectivity index (χ3v) is 2.99. The van der Waals surface area contributed by atoms with E-state index in [1.54, 1.807) is 0 Å². The molecule has 13 heavy (non-hydrogen) atoms. The first-order chi connectivity index (χ1) is 6.07. The Balaban J connectivity index is 2.59. The van der Waals surface area contributed by atoms with Crippen molar-refractivity contribution in [3.05, 3.63) is 0 Å². The molecule has 0 aliphatic carbocycles. The molecule has 0 aromatic carbocycles. The van der Waals surface area contributed by atoms with E-state index in [9.17, 15) is 4.79 Å². The largest absolute Gasteiger partial charge is 0.339 e. The normalized spacial score (nSPS) is 28.5. The summed E-state index contributed by atoms with van der Waals surface area (Å²) < 4.78 is 0. The first-order valence-corrected chi connectivity index (χ1v) is 5.08. The van der Waals surface area contributed by atoms with Crippen molar-refractivity contribution in [3.8, 4) is 0 Å². The van der Waals surface area contributed by atoms with E-state index in [1.165, 1.54) is 0 Å². The molecular weight excluding hydrogens is 164 g/mol. The Morgan fingerprint density at radius 1 is 1.62 bits per heavy atom. The van der Waals surface area contributed by atoms with Crippen molar-refractivity contribution >= 4 is 5.91 Å². The minimum atomic E-state index is 0.110. The molecule has 1 rings (SSSR count). The molecule has 0 aromatic rings. The summed E-state index contributed by atoms with van der Waals surface area (Å²) in [5, 5.41) is 0. The summed E-state index contributed by atoms with van der Waals surface area (Å²) in [5.74, 6) is 0.880. The number of carbonyl (C=O) groups is 1. The first-order valence-electron chi connectivity index (χ1n) is 5.08. The lowest BCUT2D eigenvalue weighted by atomic mass is 10.0. The quantitative estimate of drug-likeness (QED) is 0.691. The van der Waals surface area contributed by atoms with Gasteiger partial charge < -0.3 is 10.6 Å². The van der Waals surface area contributed by atoms with Crippen LogP contribution in [-0.4, -0.2) is 29.9 Å². The predicted octanol–water partition coefficient (Wildman–Crippen LogP) is 0.838. The molecule has 3 nitrogen and oxygen atoms in total. The fourth-order valence-corrected chi connectivity index (χ4v) is 1.96. The van der Waals surface area contributed by atoms with Crippen LogP contribution in [0.5, 0.6) is 0 Å². The van der Waals surface area contributed by atoms with E-state index >= 15 is 0 Å². The average Bonchev–Trinajstić information content (AvgIpc) is 2.45. The van der Waals surface area contributed by atoms with Crippen molar-refractivity contribution in [1.82, 2.24) is 4.90 Å². The van der Waals surface area contributed by atoms with E-state index < -0.39 is 0 Å². The second-order valence-electron chi connectivity index (χ2n) is 4.21. The van der Waals surface area contributed by atoms with Crippen LogP contribution in [0.2, 0.25) is 0 Å². The van der Waals surface area contributed by atoms with Crippen molar-refractivity contribution < 1.29 is 4.79 Å². The van der Waals surface area contributed by atoms with Gasteiger partial charge in [-0.25, -0.2) is 0 Å². The average molecular weight is 184 g/mol. The minimum absolute atomic E-state index is 0.110. The van der Waals surface area contributed by atoms with Gasteiger partial charge in [0, 0.05) is 18.5 Å². The fraction of sp³-hybridized carbons (Fsp3) is 0.900. The van der Waals surface area contributed by atoms with E-state index in [1.807, 2.05) is 18.7 Å². The smallest absolute Gasteiger partial charge is 0.225 e. The van der Waals surface area contributed by atoms with Crippen LogP contribution in [0.15, 0.2) is 0 Å². The SMILES string of the molecule is CC(C)C(=O)N1CCC(CN)C1C. The van der Waals surface area contributed by atoms with Crippen LogP contribution in [0.25, 0.3) is 0 Å². The zero-order valence-electron chi connectivity index (χ0n) is 8.79. The van der Waals surface area contributed by atoms with Crippen LogP contribution in [0.1, 0.15) is 27.2 Å². The molecule has 2 N–H and O–H groups in total. The van der Waals surface area contributed by atoms with Crippen LogP contribution in [0.4, 0.5) is 0 Å². The molecule has 0 saturated carbocycles. The van der Waals surface area contributed by atoms with E-state index in [-0.39, 0.29) is 11.8 Å². The highest BCUT2D eigenvalue weighted by Gasteiger charge is 2.33. The molecule has 2 unspecified atom stereocenters. The number of nitrogens with two attached hydrogens (primary N) is 1. The molecule has 1 amide bonds. The zero-order chi connectivity index (χ0) is 10.0. The summed E-state index contributed by atoms with van der Waals surface area (Å²) in [5.41, 5.74) is 5.62. The van der Waals surface area contributed by atoms with Gasteiger partial charge in [0.05, 0.1) is 0 Å². The zero-order valence-corrected chi connectivity index (χ0v) is 8.79. The van der Waals surface area contributed by atoms with Crippen LogP contribution < -0.4 is 5.73 Å². The highest BCUT2D eigenvalue weighted by molar-refractivity contribution is 5.78. The van der Waals surface area contributed by atoms with E-state index in [2.05, 4.69) is 6.92 Å². The Bertz CT molecular complexity index is 191. The van der Waals surface area contributed by atoms with Gasteiger partial charge in [0.15, 0.2) is 0 Å². The number of amides is 1. The van der Waals surface area contributed by atoms with Gasteiger partial charge in [0.2, 0.25) is 5.91 Å². The molecule has 0 radical (unpaired) electrons. The first kappa shape index (κ1) is 10.5. The number of likely N-dealkylation sites (tertiary alicyclic amines) is 1. The molecule has 1 fully saturated rings. The van der Waals surface area contributed by atoms with Gasteiger partial charge in [-0.1, -0.05) is 13.8 Å². The monoisotopic (exact) mass is 184 g/mol. The van der Waals surface area contributed by atoms with Gasteiger partial charge in [-0.2, -0.15) is 0 Å². The lowest BCUT2D eigenvalue weighted by molar-refractivity contribution is -0.135. The van der Waals surface area contributed by atoms with Gasteiger partial charge in [-0.3, -0.25) is 4.79 Å². The molecule has 1 aliphatic heterocycles. The van der Waals surface area contributed by atoms with Crippen molar-refractivity contribution in [3.63, 3.8) is 0 Å². The van der Waals surface area contributed by atoms with Crippen LogP contribution in [0.3, 0.4) is 0 Å². The van der Waals surface area contributed by atoms with Crippen molar-refractivity contribution in [1.29, 1.82) is 0 Å². The molecule has 1 saturated heterocycles. The van der Waals surface area contributed by atoms with Crippen molar-refractivity contribution in [2.45, 2.75) is 33.2 Å². The van der Waals surface area contributed by atoms with Crippen LogP contribution in [-0.2, 0) is 4.79 Å². The Labute approximate surface area is 80.3 Å². The lowest BCUT2D eigenvalue weighted by Gasteiger charge is -2.25. The second kappa shape index (κ2) is 4.09. The summed E-state index contributed by atoms with van der Waals surface area (Å²) in [6.07, 6.45) is 1.07. The minimum Gasteiger partial charge on any atom is -0.339 e. The summed E-state index contributed by atoms with van der Waals surface area (Å²) in [4.78, 5) is 13.7. The van der Waals surface area contributed by atoms with Crippen molar-refractivity contribution in [2.75, 3.05) is 13.1 Å². The van der Waals surface area contributed by atoms with Gasteiger partial charge in [0.1, 0.15) is 0 Å². The highest BCUT2D eigenvalue weighted by Crippen LogP contribution is 2.24. The number of rotatable bonds is 2. The van der Waals surface area contributed by atoms with Crippen LogP contribution in [0, 0.1) is 11.8 Å². The lowest BCUT2D eigenvalue weighted by Crippen LogP contribution is -2.39. The number of carbonyl (C=O) groups excluding carboxylic acids is 1. The predicted molar refractivity (Wildman–Crippen MR) is 53.2 cm³/mol. The highest BCUT2D eigenvalue weighted by atomic mass is 16.2. The Morgan fingerprint density at radius 3 is 2.62 bits per heavy atom. The Morgan fingerprint density at radius 2 is 2.23 bits per heavy atom. The number of hydrogen-bond acceptors (Lipinski definition) is 2. The van der Waals surface area contributed by atoms with Gasteiger partial charge in [-0.05, 0) is 25.8 Å². The summed E-state index contributed by atoms with van der Waals surface area (Å²) in [6.45, 7) is 7.59. The molecule has 1 aliphatic rings. The maximum Gasteiger partial charge on any atom is 0.225 e. The van der Waals surface area contributed by atoms with Gasteiger partial charge in [0.25, 0.3) is 0 Å². The topological polar surface area (TPSA) is 46.3 Å². The third-order valence-electron chi connectivity index (χ3n) is 2.99. The molecule has 1 heterocycles. The molecule has 0 spiro atoms. The fourth-order valence-electron chi connectivity index (χ4n) is 1.96. The second-order valence-corrected chi connectivity index (χ2v) is 4.21. The molecule has 3 heteroatoms. The summed E-state index contributed by atoms with van der Waals surface area (Å²) in [7, 11) is 0. The molecule has 2 atom stereocenters. The van der Waals surface area contributed by atoms with E-state index in [4.69, 9.17) is 5.73 Å². The standard InChI is InChI=1S/C10H20N2O/c1-7(2)10(13)12-5-4-9(6-11)8(12)3/h7-9H,4-6,11H2,1-3H3. The number of nitrogens with zero attached hydrogens (tertiary/aromatic N) is 1. The van der Waals surface area contributed by atoms with Gasteiger partial charge >= 0.3 is 0 Å². The van der Waals surface area contributed by atoms with E-state index in [0.717, 1.165) is 13.0 Å². The molecule has 0 aromatic heterocycles. The molecule has 0 bridgehead atoms. The Kier molecular flexibility index (Phi) is 3.31. The van der Waals surface area contributed by atoms with Gasteiger partial charge in [-0.15, -0.1) is 0 Å². The van der Waals surface area contributed by atoms with Crippen LogP contribution >= 0.6 is 0 Å². The summed E-state index contributed by atoms with van der Waals surface area (Å²) >= 11 is 0.